The average molecular weight is 113 g/mol. The van der Waals surface area contributed by atoms with E-state index in [1.54, 1.807) is 0 Å². The second-order valence-corrected chi connectivity index (χ2v) is 7.23. The van der Waals surface area contributed by atoms with Gasteiger partial charge in [0, 0.05) is 7.41 Å². The van der Waals surface area contributed by atoms with Crippen LogP contribution in [0.1, 0.15) is 1.37 Å². The van der Waals surface area contributed by atoms with E-state index in [0.29, 0.717) is 6.52 Å². The maximum absolute atomic E-state index is 7.07. The summed E-state index contributed by atoms with van der Waals surface area (Å²) in [5.41, 5.74) is 0. The molecule has 40 valence electrons. The molecular formula is C6H12Si. The van der Waals surface area contributed by atoms with Gasteiger partial charge in [-0.1, -0.05) is 19.6 Å². The highest BCUT2D eigenvalue weighted by molar-refractivity contribution is 6.76. The van der Waals surface area contributed by atoms with Crippen molar-refractivity contribution in [2.45, 2.75) is 25.7 Å². The molecule has 0 heterocycles. The number of hydrogen-bond donors (Lipinski definition) is 0. The Hall–Kier alpha value is -0.223. The van der Waals surface area contributed by atoms with E-state index in [2.05, 4.69) is 19.0 Å². The Morgan fingerprint density at radius 1 is 1.86 bits per heavy atom. The Kier molecular flexibility index (Phi) is 1.53. The first kappa shape index (κ1) is 4.92. The van der Waals surface area contributed by atoms with Crippen LogP contribution in [0.2, 0.25) is 25.7 Å². The molecule has 1 heteroatoms. The maximum Gasteiger partial charge on any atom is 0.0573 e. The van der Waals surface area contributed by atoms with Gasteiger partial charge in [-0.15, -0.1) is 12.3 Å². The minimum Gasteiger partial charge on any atom is -0.120 e. The summed E-state index contributed by atoms with van der Waals surface area (Å²) in [6.45, 7) is 4.83. The normalized spacial score (nSPS) is 12.4. The van der Waals surface area contributed by atoms with Crippen LogP contribution < -0.4 is 0 Å². The largest absolute Gasteiger partial charge is 0.120 e. The summed E-state index contributed by atoms with van der Waals surface area (Å²) >= 11 is 0. The second kappa shape index (κ2) is 2.18. The highest BCUT2D eigenvalue weighted by Gasteiger charge is 2.08. The van der Waals surface area contributed by atoms with Crippen LogP contribution in [0.4, 0.5) is 0 Å². The minimum atomic E-state index is -1.25. The van der Waals surface area contributed by atoms with Crippen molar-refractivity contribution in [3.05, 3.63) is 0 Å². The zero-order chi connectivity index (χ0) is 6.62. The van der Waals surface area contributed by atoms with Crippen LogP contribution in [0.25, 0.3) is 0 Å². The predicted molar refractivity (Wildman–Crippen MR) is 37.0 cm³/mol. The summed E-state index contributed by atoms with van der Waals surface area (Å²) in [6.07, 6.45) is 5.09. The molecule has 0 aromatic heterocycles. The lowest BCUT2D eigenvalue weighted by Crippen LogP contribution is -2.17. The van der Waals surface area contributed by atoms with Crippen molar-refractivity contribution < 1.29 is 1.37 Å². The van der Waals surface area contributed by atoms with Gasteiger partial charge in [0.15, 0.2) is 0 Å². The molecule has 0 spiro atoms. The van der Waals surface area contributed by atoms with E-state index in [1.807, 2.05) is 0 Å². The summed E-state index contributed by atoms with van der Waals surface area (Å²) < 4.78 is 7.07. The number of hydrogen-bond acceptors (Lipinski definition) is 0. The molecule has 7 heavy (non-hydrogen) atoms. The molecule has 0 saturated heterocycles. The van der Waals surface area contributed by atoms with Gasteiger partial charge < -0.3 is 0 Å². The molecule has 0 aliphatic carbocycles. The van der Waals surface area contributed by atoms with Crippen LogP contribution >= 0.6 is 0 Å². The summed E-state index contributed by atoms with van der Waals surface area (Å²) in [5, 5.41) is 0. The van der Waals surface area contributed by atoms with E-state index in [4.69, 9.17) is 7.79 Å². The number of rotatable bonds is 1. The smallest absolute Gasteiger partial charge is 0.0573 e. The Labute approximate surface area is 48.3 Å². The molecule has 0 aromatic rings. The lowest BCUT2D eigenvalue weighted by atomic mass is 10.8. The fourth-order valence-electron chi connectivity index (χ4n) is 0.276. The van der Waals surface area contributed by atoms with E-state index in [1.165, 1.54) is 0 Å². The average Bonchev–Trinajstić information content (AvgIpc) is 1.67. The quantitative estimate of drug-likeness (QED) is 0.360. The van der Waals surface area contributed by atoms with Gasteiger partial charge >= 0.3 is 0 Å². The van der Waals surface area contributed by atoms with E-state index in [9.17, 15) is 0 Å². The Bertz CT molecular complexity index is 102. The fraction of sp³-hybridized carbons (Fsp3) is 0.667. The Morgan fingerprint density at radius 2 is 2.43 bits per heavy atom. The Balaban J connectivity index is 3.58. The summed E-state index contributed by atoms with van der Waals surface area (Å²) in [5.74, 6) is 2.60. The molecule has 0 aliphatic rings. The zero-order valence-electron chi connectivity index (χ0n) is 5.99. The van der Waals surface area contributed by atoms with Crippen molar-refractivity contribution in [1.82, 2.24) is 0 Å². The molecule has 0 nitrogen and oxygen atoms in total. The summed E-state index contributed by atoms with van der Waals surface area (Å²) in [7, 11) is -1.25. The van der Waals surface area contributed by atoms with Crippen molar-refractivity contribution in [3.8, 4) is 12.3 Å². The Morgan fingerprint density at radius 3 is 2.57 bits per heavy atom. The van der Waals surface area contributed by atoms with Crippen molar-refractivity contribution in [2.75, 3.05) is 0 Å². The third kappa shape index (κ3) is 5.78. The third-order valence-electron chi connectivity index (χ3n) is 0.581. The number of terminal acetylenes is 1. The van der Waals surface area contributed by atoms with Crippen LogP contribution in [0, 0.1) is 12.3 Å². The standard InChI is InChI=1S/C6H12Si/c1-5-6-7(2,3)4/h1H,6H2,2-4H3/i2D. The van der Waals surface area contributed by atoms with Gasteiger partial charge in [0.2, 0.25) is 0 Å². The summed E-state index contributed by atoms with van der Waals surface area (Å²) in [4.78, 5) is 0. The molecule has 0 aliphatic heterocycles. The molecule has 0 radical (unpaired) electrons. The van der Waals surface area contributed by atoms with Crippen LogP contribution in [-0.4, -0.2) is 8.07 Å². The lowest BCUT2D eigenvalue weighted by Gasteiger charge is -2.08. The van der Waals surface area contributed by atoms with Crippen molar-refractivity contribution in [3.63, 3.8) is 0 Å². The highest BCUT2D eigenvalue weighted by Crippen LogP contribution is 2.04. The first-order valence-corrected chi connectivity index (χ1v) is 5.76. The molecule has 0 unspecified atom stereocenters. The molecule has 0 amide bonds. The molecule has 0 atom stereocenters. The monoisotopic (exact) mass is 113 g/mol. The molecule has 0 saturated carbocycles. The van der Waals surface area contributed by atoms with E-state index in [0.717, 1.165) is 6.04 Å². The molecule has 0 N–H and O–H groups in total. The van der Waals surface area contributed by atoms with E-state index < -0.39 is 8.07 Å². The first-order valence-electron chi connectivity index (χ1n) is 3.06. The second-order valence-electron chi connectivity index (χ2n) is 2.55. The molecule has 0 rings (SSSR count). The van der Waals surface area contributed by atoms with E-state index >= 15 is 0 Å². The van der Waals surface area contributed by atoms with Gasteiger partial charge in [0.05, 0.1) is 8.07 Å². The van der Waals surface area contributed by atoms with Gasteiger partial charge in [-0.2, -0.15) is 0 Å². The minimum absolute atomic E-state index is 0.553. The zero-order valence-corrected chi connectivity index (χ0v) is 5.99. The van der Waals surface area contributed by atoms with Crippen LogP contribution in [-0.2, 0) is 0 Å². The highest BCUT2D eigenvalue weighted by atomic mass is 28.3. The van der Waals surface area contributed by atoms with Crippen LogP contribution in [0.3, 0.4) is 0 Å². The third-order valence-corrected chi connectivity index (χ3v) is 1.74. The first-order chi connectivity index (χ1) is 3.62. The molecule has 0 fully saturated rings. The fourth-order valence-corrected chi connectivity index (χ4v) is 0.829. The van der Waals surface area contributed by atoms with Gasteiger partial charge in [-0.25, -0.2) is 0 Å². The van der Waals surface area contributed by atoms with Gasteiger partial charge in [0.25, 0.3) is 0 Å². The predicted octanol–water partition coefficient (Wildman–Crippen LogP) is 1.96. The van der Waals surface area contributed by atoms with Gasteiger partial charge in [-0.3, -0.25) is 0 Å². The lowest BCUT2D eigenvalue weighted by molar-refractivity contribution is 1.57. The SMILES string of the molecule is [2H]C[Si](C)(C)CC#C. The van der Waals surface area contributed by atoms with Crippen molar-refractivity contribution >= 4 is 8.07 Å². The van der Waals surface area contributed by atoms with Crippen LogP contribution in [0.15, 0.2) is 0 Å². The maximum atomic E-state index is 7.07. The molecule has 0 bridgehead atoms. The van der Waals surface area contributed by atoms with Crippen molar-refractivity contribution in [2.24, 2.45) is 0 Å². The van der Waals surface area contributed by atoms with Crippen molar-refractivity contribution in [1.29, 1.82) is 0 Å². The molecular weight excluding hydrogens is 100 g/mol. The topological polar surface area (TPSA) is 0 Å². The van der Waals surface area contributed by atoms with Gasteiger partial charge in [-0.05, 0) is 0 Å². The van der Waals surface area contributed by atoms with E-state index in [-0.39, 0.29) is 0 Å². The summed E-state index contributed by atoms with van der Waals surface area (Å²) in [6, 6.07) is 0.844. The van der Waals surface area contributed by atoms with Crippen LogP contribution in [0.5, 0.6) is 0 Å². The van der Waals surface area contributed by atoms with Gasteiger partial charge in [0.1, 0.15) is 0 Å². The molecule has 0 aromatic carbocycles.